The minimum atomic E-state index is -1.30. The van der Waals surface area contributed by atoms with Crippen LogP contribution in [0.3, 0.4) is 0 Å². The van der Waals surface area contributed by atoms with Crippen LogP contribution in [0.25, 0.3) is 0 Å². The van der Waals surface area contributed by atoms with E-state index in [2.05, 4.69) is 10.6 Å². The molecule has 136 valence electrons. The Bertz CT molecular complexity index is 866. The van der Waals surface area contributed by atoms with Crippen LogP contribution in [0.5, 0.6) is 0 Å². The molecule has 0 bridgehead atoms. The van der Waals surface area contributed by atoms with E-state index in [1.54, 1.807) is 30.8 Å². The number of fused-ring (bicyclic) bond motifs is 2. The number of rotatable bonds is 5. The van der Waals surface area contributed by atoms with E-state index in [0.29, 0.717) is 12.0 Å². The molecule has 0 aliphatic carbocycles. The standard InChI is InChI=1S/C20H22N2O3S/c1-12(2)11-20(3,19(24)25)22-18(23)13-8-9-17-15(10-13)21-14-6-4-5-7-16(14)26-17/h4-10,12,21H,11H2,1-3H3,(H,22,23)(H,24,25)/t20-/m0/s1. The van der Waals surface area contributed by atoms with Crippen LogP contribution in [0.1, 0.15) is 37.6 Å². The quantitative estimate of drug-likeness (QED) is 0.616. The van der Waals surface area contributed by atoms with Crippen molar-refractivity contribution in [2.24, 2.45) is 5.92 Å². The van der Waals surface area contributed by atoms with Crippen LogP contribution in [0.2, 0.25) is 0 Å². The number of carboxylic acid groups (broad SMARTS) is 1. The van der Waals surface area contributed by atoms with Crippen LogP contribution in [-0.4, -0.2) is 22.5 Å². The molecule has 0 aromatic heterocycles. The van der Waals surface area contributed by atoms with Gasteiger partial charge in [0.2, 0.25) is 0 Å². The number of hydrogen-bond acceptors (Lipinski definition) is 4. The SMILES string of the molecule is CC(C)C[C@](C)(NC(=O)c1ccc2c(c1)Nc1ccccc1S2)C(=O)O. The number of nitrogens with one attached hydrogen (secondary N) is 2. The molecule has 0 unspecified atom stereocenters. The molecule has 0 saturated heterocycles. The fourth-order valence-electron chi connectivity index (χ4n) is 3.11. The predicted molar refractivity (Wildman–Crippen MR) is 103 cm³/mol. The van der Waals surface area contributed by atoms with Crippen molar-refractivity contribution in [3.8, 4) is 0 Å². The first-order valence-corrected chi connectivity index (χ1v) is 9.34. The second-order valence-electron chi connectivity index (χ2n) is 7.12. The zero-order chi connectivity index (χ0) is 18.9. The smallest absolute Gasteiger partial charge is 0.329 e. The van der Waals surface area contributed by atoms with Gasteiger partial charge in [-0.15, -0.1) is 0 Å². The number of hydrogen-bond donors (Lipinski definition) is 3. The van der Waals surface area contributed by atoms with Gasteiger partial charge in [-0.05, 0) is 49.6 Å². The minimum absolute atomic E-state index is 0.148. The molecule has 3 N–H and O–H groups in total. The molecule has 1 aliphatic rings. The number of carboxylic acids is 1. The van der Waals surface area contributed by atoms with Gasteiger partial charge in [-0.25, -0.2) is 4.79 Å². The number of carbonyl (C=O) groups is 2. The molecule has 26 heavy (non-hydrogen) atoms. The molecule has 1 aliphatic heterocycles. The fourth-order valence-corrected chi connectivity index (χ4v) is 4.08. The summed E-state index contributed by atoms with van der Waals surface area (Å²) in [5.74, 6) is -1.27. The van der Waals surface area contributed by atoms with Gasteiger partial charge in [-0.3, -0.25) is 4.79 Å². The van der Waals surface area contributed by atoms with E-state index in [4.69, 9.17) is 0 Å². The molecular formula is C20H22N2O3S. The van der Waals surface area contributed by atoms with Gasteiger partial charge in [-0.1, -0.05) is 37.7 Å². The van der Waals surface area contributed by atoms with Gasteiger partial charge in [0.25, 0.3) is 5.91 Å². The summed E-state index contributed by atoms with van der Waals surface area (Å²) in [7, 11) is 0. The van der Waals surface area contributed by atoms with Crippen molar-refractivity contribution in [1.29, 1.82) is 0 Å². The summed E-state index contributed by atoms with van der Waals surface area (Å²) in [6.07, 6.45) is 0.362. The lowest BCUT2D eigenvalue weighted by atomic mass is 9.90. The van der Waals surface area contributed by atoms with E-state index < -0.39 is 11.5 Å². The van der Waals surface area contributed by atoms with Crippen molar-refractivity contribution >= 4 is 35.0 Å². The van der Waals surface area contributed by atoms with Crippen LogP contribution in [0, 0.1) is 5.92 Å². The second-order valence-corrected chi connectivity index (χ2v) is 8.21. The summed E-state index contributed by atoms with van der Waals surface area (Å²) in [6.45, 7) is 5.42. The summed E-state index contributed by atoms with van der Waals surface area (Å²) in [5.41, 5.74) is 0.989. The lowest BCUT2D eigenvalue weighted by Gasteiger charge is -2.28. The van der Waals surface area contributed by atoms with E-state index in [1.807, 2.05) is 44.2 Å². The highest BCUT2D eigenvalue weighted by Crippen LogP contribution is 2.44. The fraction of sp³-hybridized carbons (Fsp3) is 0.300. The third-order valence-electron chi connectivity index (χ3n) is 4.30. The van der Waals surface area contributed by atoms with E-state index in [-0.39, 0.29) is 11.8 Å². The van der Waals surface area contributed by atoms with Crippen molar-refractivity contribution in [2.45, 2.75) is 42.5 Å². The third-order valence-corrected chi connectivity index (χ3v) is 5.45. The highest BCUT2D eigenvalue weighted by molar-refractivity contribution is 7.99. The van der Waals surface area contributed by atoms with Crippen molar-refractivity contribution in [1.82, 2.24) is 5.32 Å². The molecule has 1 heterocycles. The topological polar surface area (TPSA) is 78.4 Å². The lowest BCUT2D eigenvalue weighted by Crippen LogP contribution is -2.53. The lowest BCUT2D eigenvalue weighted by molar-refractivity contribution is -0.144. The van der Waals surface area contributed by atoms with Crippen molar-refractivity contribution in [3.05, 3.63) is 48.0 Å². The third kappa shape index (κ3) is 3.70. The highest BCUT2D eigenvalue weighted by Gasteiger charge is 2.35. The summed E-state index contributed by atoms with van der Waals surface area (Å²) in [4.78, 5) is 26.5. The first-order valence-electron chi connectivity index (χ1n) is 8.52. The Morgan fingerprint density at radius 3 is 2.54 bits per heavy atom. The maximum atomic E-state index is 12.7. The van der Waals surface area contributed by atoms with Crippen LogP contribution in [0.4, 0.5) is 11.4 Å². The number of amides is 1. The average Bonchev–Trinajstić information content (AvgIpc) is 2.58. The van der Waals surface area contributed by atoms with E-state index >= 15 is 0 Å². The molecule has 0 spiro atoms. The molecule has 0 fully saturated rings. The van der Waals surface area contributed by atoms with Crippen LogP contribution < -0.4 is 10.6 Å². The Labute approximate surface area is 157 Å². The zero-order valence-electron chi connectivity index (χ0n) is 15.0. The normalized spacial score (nSPS) is 14.6. The molecule has 5 nitrogen and oxygen atoms in total. The van der Waals surface area contributed by atoms with Gasteiger partial charge in [0.15, 0.2) is 0 Å². The first-order chi connectivity index (χ1) is 12.3. The predicted octanol–water partition coefficient (Wildman–Crippen LogP) is 4.51. The number of benzene rings is 2. The van der Waals surface area contributed by atoms with Gasteiger partial charge >= 0.3 is 5.97 Å². The average molecular weight is 370 g/mol. The molecule has 1 amide bonds. The summed E-state index contributed by atoms with van der Waals surface area (Å²) in [6, 6.07) is 13.4. The first kappa shape index (κ1) is 18.3. The monoisotopic (exact) mass is 370 g/mol. The van der Waals surface area contributed by atoms with Gasteiger partial charge in [0, 0.05) is 15.4 Å². The molecule has 0 saturated carbocycles. The maximum Gasteiger partial charge on any atom is 0.329 e. The Balaban J connectivity index is 1.83. The van der Waals surface area contributed by atoms with Crippen LogP contribution in [-0.2, 0) is 4.79 Å². The number of para-hydroxylation sites is 1. The molecule has 2 aromatic carbocycles. The highest BCUT2D eigenvalue weighted by atomic mass is 32.2. The maximum absolute atomic E-state index is 12.7. The van der Waals surface area contributed by atoms with E-state index in [0.717, 1.165) is 21.2 Å². The zero-order valence-corrected chi connectivity index (χ0v) is 15.8. The summed E-state index contributed by atoms with van der Waals surface area (Å²) >= 11 is 1.64. The van der Waals surface area contributed by atoms with Crippen molar-refractivity contribution in [2.75, 3.05) is 5.32 Å². The van der Waals surface area contributed by atoms with Crippen molar-refractivity contribution < 1.29 is 14.7 Å². The molecule has 0 radical (unpaired) electrons. The van der Waals surface area contributed by atoms with E-state index in [9.17, 15) is 14.7 Å². The molecule has 2 aromatic rings. The summed E-state index contributed by atoms with van der Waals surface area (Å²) < 4.78 is 0. The number of carbonyl (C=O) groups excluding carboxylic acids is 1. The molecular weight excluding hydrogens is 348 g/mol. The van der Waals surface area contributed by atoms with Gasteiger partial charge in [-0.2, -0.15) is 0 Å². The van der Waals surface area contributed by atoms with Gasteiger partial charge in [0.05, 0.1) is 11.4 Å². The van der Waals surface area contributed by atoms with E-state index in [1.165, 1.54) is 0 Å². The Morgan fingerprint density at radius 1 is 1.15 bits per heavy atom. The Morgan fingerprint density at radius 2 is 1.85 bits per heavy atom. The molecule has 3 rings (SSSR count). The van der Waals surface area contributed by atoms with Gasteiger partial charge in [0.1, 0.15) is 5.54 Å². The van der Waals surface area contributed by atoms with Crippen molar-refractivity contribution in [3.63, 3.8) is 0 Å². The van der Waals surface area contributed by atoms with Crippen LogP contribution >= 0.6 is 11.8 Å². The van der Waals surface area contributed by atoms with Gasteiger partial charge < -0.3 is 15.7 Å². The molecule has 6 heteroatoms. The Kier molecular flexibility index (Phi) is 4.96. The number of anilines is 2. The largest absolute Gasteiger partial charge is 0.480 e. The minimum Gasteiger partial charge on any atom is -0.480 e. The summed E-state index contributed by atoms with van der Waals surface area (Å²) in [5, 5.41) is 15.6. The second kappa shape index (κ2) is 7.03. The number of aliphatic carboxylic acids is 1. The van der Waals surface area contributed by atoms with Crippen LogP contribution in [0.15, 0.2) is 52.3 Å². The Hall–Kier alpha value is -2.47. The molecule has 1 atom stereocenters.